The van der Waals surface area contributed by atoms with Gasteiger partial charge in [-0.05, 0) is 34.1 Å². The SMILES string of the molecule is CNCCN(C)CC(CC(=O)O)CN(C)CCNC. The van der Waals surface area contributed by atoms with E-state index in [4.69, 9.17) is 5.11 Å². The highest BCUT2D eigenvalue weighted by Crippen LogP contribution is 2.07. The summed E-state index contributed by atoms with van der Waals surface area (Å²) in [5.41, 5.74) is 0. The van der Waals surface area contributed by atoms with Gasteiger partial charge in [-0.3, -0.25) is 4.79 Å². The van der Waals surface area contributed by atoms with Gasteiger partial charge in [-0.25, -0.2) is 0 Å². The Morgan fingerprint density at radius 2 is 1.47 bits per heavy atom. The van der Waals surface area contributed by atoms with Crippen LogP contribution in [0.1, 0.15) is 6.42 Å². The molecule has 0 aromatic heterocycles. The molecular weight excluding hydrogens is 244 g/mol. The highest BCUT2D eigenvalue weighted by Gasteiger charge is 2.17. The van der Waals surface area contributed by atoms with Crippen molar-refractivity contribution in [2.75, 3.05) is 67.5 Å². The summed E-state index contributed by atoms with van der Waals surface area (Å²) < 4.78 is 0. The van der Waals surface area contributed by atoms with Gasteiger partial charge in [0.1, 0.15) is 0 Å². The Labute approximate surface area is 117 Å². The molecule has 0 aliphatic carbocycles. The average molecular weight is 274 g/mol. The first-order valence-corrected chi connectivity index (χ1v) is 6.87. The molecule has 3 N–H and O–H groups in total. The lowest BCUT2D eigenvalue weighted by Crippen LogP contribution is -2.38. The first kappa shape index (κ1) is 18.3. The van der Waals surface area contributed by atoms with Crippen LogP contribution in [-0.2, 0) is 4.79 Å². The van der Waals surface area contributed by atoms with Crippen LogP contribution in [-0.4, -0.2) is 88.3 Å². The summed E-state index contributed by atoms with van der Waals surface area (Å²) in [5.74, 6) is -0.546. The molecule has 0 spiro atoms. The van der Waals surface area contributed by atoms with E-state index < -0.39 is 5.97 Å². The Hall–Kier alpha value is -0.690. The summed E-state index contributed by atoms with van der Waals surface area (Å²) in [4.78, 5) is 15.3. The molecule has 19 heavy (non-hydrogen) atoms. The van der Waals surface area contributed by atoms with E-state index in [0.29, 0.717) is 0 Å². The van der Waals surface area contributed by atoms with Gasteiger partial charge in [0.05, 0.1) is 6.42 Å². The van der Waals surface area contributed by atoms with Crippen molar-refractivity contribution in [1.82, 2.24) is 20.4 Å². The maximum Gasteiger partial charge on any atom is 0.303 e. The van der Waals surface area contributed by atoms with Crippen molar-refractivity contribution in [2.24, 2.45) is 5.92 Å². The average Bonchev–Trinajstić information content (AvgIpc) is 2.32. The lowest BCUT2D eigenvalue weighted by molar-refractivity contribution is -0.138. The second-order valence-electron chi connectivity index (χ2n) is 5.20. The third kappa shape index (κ3) is 10.9. The van der Waals surface area contributed by atoms with Crippen LogP contribution in [0, 0.1) is 5.92 Å². The third-order valence-electron chi connectivity index (χ3n) is 3.09. The fourth-order valence-electron chi connectivity index (χ4n) is 2.10. The molecule has 0 saturated carbocycles. The van der Waals surface area contributed by atoms with Crippen molar-refractivity contribution in [1.29, 1.82) is 0 Å². The molecule has 0 aromatic carbocycles. The van der Waals surface area contributed by atoms with E-state index in [1.165, 1.54) is 0 Å². The Bertz CT molecular complexity index is 223. The number of hydrogen-bond donors (Lipinski definition) is 3. The number of hydrogen-bond acceptors (Lipinski definition) is 5. The number of rotatable bonds is 12. The molecule has 0 radical (unpaired) electrons. The molecule has 0 heterocycles. The lowest BCUT2D eigenvalue weighted by atomic mass is 10.0. The van der Waals surface area contributed by atoms with Gasteiger partial charge in [-0.1, -0.05) is 0 Å². The minimum absolute atomic E-state index is 0.168. The molecule has 0 atom stereocenters. The first-order valence-electron chi connectivity index (χ1n) is 6.87. The highest BCUT2D eigenvalue weighted by atomic mass is 16.4. The fourth-order valence-corrected chi connectivity index (χ4v) is 2.10. The predicted molar refractivity (Wildman–Crippen MR) is 78.6 cm³/mol. The molecule has 0 aliphatic heterocycles. The minimum atomic E-state index is -0.714. The second kappa shape index (κ2) is 11.2. The minimum Gasteiger partial charge on any atom is -0.481 e. The highest BCUT2D eigenvalue weighted by molar-refractivity contribution is 5.67. The third-order valence-corrected chi connectivity index (χ3v) is 3.09. The van der Waals surface area contributed by atoms with E-state index in [0.717, 1.165) is 39.3 Å². The van der Waals surface area contributed by atoms with Crippen molar-refractivity contribution in [3.05, 3.63) is 0 Å². The van der Waals surface area contributed by atoms with Crippen molar-refractivity contribution in [3.8, 4) is 0 Å². The molecule has 6 heteroatoms. The van der Waals surface area contributed by atoms with Crippen LogP contribution in [0.5, 0.6) is 0 Å². The molecule has 114 valence electrons. The van der Waals surface area contributed by atoms with Crippen LogP contribution in [0.3, 0.4) is 0 Å². The normalized spacial score (nSPS) is 11.7. The number of likely N-dealkylation sites (N-methyl/N-ethyl adjacent to an activating group) is 4. The number of nitrogens with one attached hydrogen (secondary N) is 2. The molecule has 0 amide bonds. The largest absolute Gasteiger partial charge is 0.481 e. The van der Waals surface area contributed by atoms with Gasteiger partial charge in [0.25, 0.3) is 0 Å². The van der Waals surface area contributed by atoms with E-state index in [-0.39, 0.29) is 12.3 Å². The van der Waals surface area contributed by atoms with Crippen LogP contribution < -0.4 is 10.6 Å². The van der Waals surface area contributed by atoms with Crippen molar-refractivity contribution >= 4 is 5.97 Å². The first-order chi connectivity index (χ1) is 8.99. The molecule has 6 nitrogen and oxygen atoms in total. The summed E-state index contributed by atoms with van der Waals surface area (Å²) in [6, 6.07) is 0. The molecule has 0 unspecified atom stereocenters. The van der Waals surface area contributed by atoms with Gasteiger partial charge < -0.3 is 25.5 Å². The Kier molecular flexibility index (Phi) is 10.8. The maximum absolute atomic E-state index is 10.9. The summed E-state index contributed by atoms with van der Waals surface area (Å²) in [7, 11) is 7.93. The second-order valence-corrected chi connectivity index (χ2v) is 5.20. The van der Waals surface area contributed by atoms with Crippen LogP contribution >= 0.6 is 0 Å². The van der Waals surface area contributed by atoms with E-state index in [2.05, 4.69) is 20.4 Å². The number of carboxylic acids is 1. The van der Waals surface area contributed by atoms with Gasteiger partial charge in [0.15, 0.2) is 0 Å². The molecule has 0 rings (SSSR count). The lowest BCUT2D eigenvalue weighted by Gasteiger charge is -2.27. The molecule has 0 aliphatic rings. The van der Waals surface area contributed by atoms with E-state index in [1.54, 1.807) is 0 Å². The molecular formula is C13H30N4O2. The van der Waals surface area contributed by atoms with E-state index in [9.17, 15) is 4.79 Å². The van der Waals surface area contributed by atoms with Gasteiger partial charge in [0, 0.05) is 39.3 Å². The van der Waals surface area contributed by atoms with Crippen molar-refractivity contribution < 1.29 is 9.90 Å². The number of nitrogens with zero attached hydrogens (tertiary/aromatic N) is 2. The summed E-state index contributed by atoms with van der Waals surface area (Å²) in [6.07, 6.45) is 0.230. The van der Waals surface area contributed by atoms with Crippen LogP contribution in [0.25, 0.3) is 0 Å². The maximum atomic E-state index is 10.9. The van der Waals surface area contributed by atoms with Gasteiger partial charge in [0.2, 0.25) is 0 Å². The number of aliphatic carboxylic acids is 1. The van der Waals surface area contributed by atoms with Crippen molar-refractivity contribution in [2.45, 2.75) is 6.42 Å². The zero-order chi connectivity index (χ0) is 14.7. The zero-order valence-electron chi connectivity index (χ0n) is 12.8. The van der Waals surface area contributed by atoms with Crippen LogP contribution in [0.2, 0.25) is 0 Å². The Morgan fingerprint density at radius 3 is 1.79 bits per heavy atom. The summed E-state index contributed by atoms with van der Waals surface area (Å²) >= 11 is 0. The van der Waals surface area contributed by atoms with Gasteiger partial charge >= 0.3 is 5.97 Å². The standard InChI is InChI=1S/C13H30N4O2/c1-14-5-7-16(3)10-12(9-13(18)19)11-17(4)8-6-15-2/h12,14-15H,5-11H2,1-4H3,(H,18,19). The molecule has 0 aromatic rings. The quantitative estimate of drug-likeness (QED) is 0.441. The number of carboxylic acid groups (broad SMARTS) is 1. The summed E-state index contributed by atoms with van der Waals surface area (Å²) in [5, 5.41) is 15.2. The van der Waals surface area contributed by atoms with Crippen molar-refractivity contribution in [3.63, 3.8) is 0 Å². The molecule has 0 bridgehead atoms. The number of carbonyl (C=O) groups is 1. The van der Waals surface area contributed by atoms with Gasteiger partial charge in [-0.15, -0.1) is 0 Å². The molecule has 0 saturated heterocycles. The topological polar surface area (TPSA) is 67.8 Å². The fraction of sp³-hybridized carbons (Fsp3) is 0.923. The van der Waals surface area contributed by atoms with Crippen LogP contribution in [0.4, 0.5) is 0 Å². The Morgan fingerprint density at radius 1 is 1.05 bits per heavy atom. The van der Waals surface area contributed by atoms with Gasteiger partial charge in [-0.2, -0.15) is 0 Å². The molecule has 0 fully saturated rings. The zero-order valence-corrected chi connectivity index (χ0v) is 12.8. The Balaban J connectivity index is 4.17. The monoisotopic (exact) mass is 274 g/mol. The predicted octanol–water partition coefficient (Wildman–Crippen LogP) is -0.620. The van der Waals surface area contributed by atoms with E-state index in [1.807, 2.05) is 28.2 Å². The van der Waals surface area contributed by atoms with E-state index >= 15 is 0 Å². The summed E-state index contributed by atoms with van der Waals surface area (Å²) in [6.45, 7) is 5.35. The smallest absolute Gasteiger partial charge is 0.303 e. The van der Waals surface area contributed by atoms with Crippen LogP contribution in [0.15, 0.2) is 0 Å².